The number of hydrogen-bond donors (Lipinski definition) is 2. The van der Waals surface area contributed by atoms with Crippen LogP contribution < -0.4 is 10.0 Å². The SMILES string of the molecule is CCCNc1ncccc1S(=O)(=O)NCCOCC(C)C. The van der Waals surface area contributed by atoms with Crippen LogP contribution in [0.2, 0.25) is 0 Å². The Kier molecular flexibility index (Phi) is 7.63. The van der Waals surface area contributed by atoms with Gasteiger partial charge in [-0.3, -0.25) is 0 Å². The molecule has 0 fully saturated rings. The largest absolute Gasteiger partial charge is 0.380 e. The molecule has 6 nitrogen and oxygen atoms in total. The summed E-state index contributed by atoms with van der Waals surface area (Å²) in [5.74, 6) is 0.819. The molecule has 0 aliphatic rings. The normalized spacial score (nSPS) is 11.8. The van der Waals surface area contributed by atoms with Gasteiger partial charge in [0.05, 0.1) is 6.61 Å². The topological polar surface area (TPSA) is 80.3 Å². The van der Waals surface area contributed by atoms with Crippen LogP contribution in [0.5, 0.6) is 0 Å². The average Bonchev–Trinajstić information content (AvgIpc) is 2.44. The molecule has 7 heteroatoms. The highest BCUT2D eigenvalue weighted by Crippen LogP contribution is 2.17. The Morgan fingerprint density at radius 3 is 2.76 bits per heavy atom. The monoisotopic (exact) mass is 315 g/mol. The molecule has 1 heterocycles. The summed E-state index contributed by atoms with van der Waals surface area (Å²) in [5.41, 5.74) is 0. The lowest BCUT2D eigenvalue weighted by Gasteiger charge is -2.12. The van der Waals surface area contributed by atoms with Crippen LogP contribution in [0.4, 0.5) is 5.82 Å². The van der Waals surface area contributed by atoms with Gasteiger partial charge in [0.1, 0.15) is 10.7 Å². The first kappa shape index (κ1) is 17.9. The van der Waals surface area contributed by atoms with Crippen molar-refractivity contribution in [1.82, 2.24) is 9.71 Å². The first-order valence-electron chi connectivity index (χ1n) is 7.23. The molecule has 0 amide bonds. The molecule has 2 N–H and O–H groups in total. The second-order valence-electron chi connectivity index (χ2n) is 5.14. The molecule has 1 rings (SSSR count). The molecular weight excluding hydrogens is 290 g/mol. The zero-order valence-electron chi connectivity index (χ0n) is 12.9. The van der Waals surface area contributed by atoms with Gasteiger partial charge in [0.2, 0.25) is 10.0 Å². The third-order valence-corrected chi connectivity index (χ3v) is 4.08. The predicted octanol–water partition coefficient (Wildman–Crippen LogP) is 1.85. The first-order valence-corrected chi connectivity index (χ1v) is 8.72. The Hall–Kier alpha value is -1.18. The Balaban J connectivity index is 2.61. The molecule has 0 aliphatic heterocycles. The van der Waals surface area contributed by atoms with Crippen LogP contribution in [0.1, 0.15) is 27.2 Å². The smallest absolute Gasteiger partial charge is 0.244 e. The van der Waals surface area contributed by atoms with Gasteiger partial charge in [0, 0.05) is 25.9 Å². The van der Waals surface area contributed by atoms with Crippen LogP contribution in [0.25, 0.3) is 0 Å². The van der Waals surface area contributed by atoms with Gasteiger partial charge < -0.3 is 10.1 Å². The summed E-state index contributed by atoms with van der Waals surface area (Å²) in [4.78, 5) is 4.26. The quantitative estimate of drug-likeness (QED) is 0.644. The van der Waals surface area contributed by atoms with Crippen LogP contribution in [-0.2, 0) is 14.8 Å². The zero-order chi connectivity index (χ0) is 15.7. The van der Waals surface area contributed by atoms with Gasteiger partial charge in [0.15, 0.2) is 0 Å². The van der Waals surface area contributed by atoms with E-state index in [0.717, 1.165) is 6.42 Å². The summed E-state index contributed by atoms with van der Waals surface area (Å²) in [7, 11) is -3.58. The molecule has 0 radical (unpaired) electrons. The van der Waals surface area contributed by atoms with E-state index in [-0.39, 0.29) is 11.4 Å². The van der Waals surface area contributed by atoms with Crippen LogP contribution in [-0.4, -0.2) is 39.7 Å². The Bertz CT molecular complexity index is 518. The molecule has 0 atom stereocenters. The van der Waals surface area contributed by atoms with E-state index < -0.39 is 10.0 Å². The Labute approximate surface area is 127 Å². The second-order valence-corrected chi connectivity index (χ2v) is 6.88. The minimum atomic E-state index is -3.58. The summed E-state index contributed by atoms with van der Waals surface area (Å²) < 4.78 is 32.4. The lowest BCUT2D eigenvalue weighted by molar-refractivity contribution is 0.114. The zero-order valence-corrected chi connectivity index (χ0v) is 13.7. The van der Waals surface area contributed by atoms with Crippen molar-refractivity contribution < 1.29 is 13.2 Å². The van der Waals surface area contributed by atoms with Gasteiger partial charge in [-0.05, 0) is 24.5 Å². The van der Waals surface area contributed by atoms with Gasteiger partial charge in [-0.1, -0.05) is 20.8 Å². The molecule has 1 aromatic heterocycles. The summed E-state index contributed by atoms with van der Waals surface area (Å²) in [6.07, 6.45) is 2.47. The van der Waals surface area contributed by atoms with Crippen molar-refractivity contribution in [2.75, 3.05) is 31.6 Å². The minimum Gasteiger partial charge on any atom is -0.380 e. The van der Waals surface area contributed by atoms with Crippen molar-refractivity contribution in [3.63, 3.8) is 0 Å². The van der Waals surface area contributed by atoms with Crippen LogP contribution in [0, 0.1) is 5.92 Å². The van der Waals surface area contributed by atoms with E-state index in [1.54, 1.807) is 18.3 Å². The standard InChI is InChI=1S/C14H25N3O3S/c1-4-7-15-14-13(6-5-8-16-14)21(18,19)17-9-10-20-11-12(2)3/h5-6,8,12,17H,4,7,9-11H2,1-3H3,(H,15,16). The fourth-order valence-electron chi connectivity index (χ4n) is 1.63. The van der Waals surface area contributed by atoms with Gasteiger partial charge in [-0.2, -0.15) is 0 Å². The molecule has 0 saturated heterocycles. The van der Waals surface area contributed by atoms with Crippen molar-refractivity contribution >= 4 is 15.8 Å². The highest BCUT2D eigenvalue weighted by Gasteiger charge is 2.18. The number of sulfonamides is 1. The van der Waals surface area contributed by atoms with Gasteiger partial charge in [0.25, 0.3) is 0 Å². The maximum absolute atomic E-state index is 12.3. The molecule has 0 unspecified atom stereocenters. The van der Waals surface area contributed by atoms with Crippen molar-refractivity contribution in [3.05, 3.63) is 18.3 Å². The molecule has 0 aromatic carbocycles. The number of anilines is 1. The maximum Gasteiger partial charge on any atom is 0.244 e. The first-order chi connectivity index (χ1) is 9.97. The second kappa shape index (κ2) is 8.96. The summed E-state index contributed by atoms with van der Waals surface area (Å²) in [6.45, 7) is 8.01. The van der Waals surface area contributed by atoms with Crippen molar-refractivity contribution in [3.8, 4) is 0 Å². The highest BCUT2D eigenvalue weighted by atomic mass is 32.2. The van der Waals surface area contributed by atoms with E-state index in [4.69, 9.17) is 4.74 Å². The van der Waals surface area contributed by atoms with E-state index in [2.05, 4.69) is 15.0 Å². The van der Waals surface area contributed by atoms with Crippen molar-refractivity contribution in [2.24, 2.45) is 5.92 Å². The Morgan fingerprint density at radius 1 is 1.33 bits per heavy atom. The molecule has 0 spiro atoms. The Morgan fingerprint density at radius 2 is 2.10 bits per heavy atom. The van der Waals surface area contributed by atoms with Gasteiger partial charge >= 0.3 is 0 Å². The van der Waals surface area contributed by atoms with Crippen molar-refractivity contribution in [2.45, 2.75) is 32.1 Å². The molecule has 1 aromatic rings. The third-order valence-electron chi connectivity index (χ3n) is 2.59. The molecule has 120 valence electrons. The fourth-order valence-corrected chi connectivity index (χ4v) is 2.77. The van der Waals surface area contributed by atoms with E-state index in [1.165, 1.54) is 0 Å². The molecule has 0 saturated carbocycles. The number of aromatic nitrogens is 1. The van der Waals surface area contributed by atoms with Crippen molar-refractivity contribution in [1.29, 1.82) is 0 Å². The maximum atomic E-state index is 12.3. The molecular formula is C14H25N3O3S. The van der Waals surface area contributed by atoms with Crippen LogP contribution in [0.3, 0.4) is 0 Å². The van der Waals surface area contributed by atoms with Gasteiger partial charge in [-0.15, -0.1) is 0 Å². The lowest BCUT2D eigenvalue weighted by Crippen LogP contribution is -2.28. The van der Waals surface area contributed by atoms with Crippen LogP contribution >= 0.6 is 0 Å². The predicted molar refractivity (Wildman–Crippen MR) is 83.9 cm³/mol. The van der Waals surface area contributed by atoms with E-state index in [0.29, 0.717) is 31.5 Å². The summed E-state index contributed by atoms with van der Waals surface area (Å²) in [5, 5.41) is 3.02. The number of pyridine rings is 1. The number of nitrogens with zero attached hydrogens (tertiary/aromatic N) is 1. The van der Waals surface area contributed by atoms with E-state index in [1.807, 2.05) is 20.8 Å². The fraction of sp³-hybridized carbons (Fsp3) is 0.643. The molecule has 0 bridgehead atoms. The number of ether oxygens (including phenoxy) is 1. The number of rotatable bonds is 10. The summed E-state index contributed by atoms with van der Waals surface area (Å²) >= 11 is 0. The average molecular weight is 315 g/mol. The molecule has 21 heavy (non-hydrogen) atoms. The third kappa shape index (κ3) is 6.41. The minimum absolute atomic E-state index is 0.169. The lowest BCUT2D eigenvalue weighted by atomic mass is 10.2. The van der Waals surface area contributed by atoms with E-state index in [9.17, 15) is 8.42 Å². The highest BCUT2D eigenvalue weighted by molar-refractivity contribution is 7.89. The van der Waals surface area contributed by atoms with Crippen LogP contribution in [0.15, 0.2) is 23.2 Å². The molecule has 0 aliphatic carbocycles. The number of nitrogens with one attached hydrogen (secondary N) is 2. The number of hydrogen-bond acceptors (Lipinski definition) is 5. The van der Waals surface area contributed by atoms with E-state index >= 15 is 0 Å². The summed E-state index contributed by atoms with van der Waals surface area (Å²) in [6, 6.07) is 3.16. The van der Waals surface area contributed by atoms with Gasteiger partial charge in [-0.25, -0.2) is 18.1 Å².